The molecule has 0 aliphatic rings. The molecule has 0 aliphatic heterocycles. The van der Waals surface area contributed by atoms with Crippen molar-refractivity contribution in [3.05, 3.63) is 29.8 Å². The summed E-state index contributed by atoms with van der Waals surface area (Å²) in [5.41, 5.74) is 0.592. The Morgan fingerprint density at radius 3 is 1.76 bits per heavy atom. The lowest BCUT2D eigenvalue weighted by Gasteiger charge is -2.22. The second kappa shape index (κ2) is 5.10. The van der Waals surface area contributed by atoms with Gasteiger partial charge in [0.05, 0.1) is 0 Å². The lowest BCUT2D eigenvalue weighted by Crippen LogP contribution is -2.53. The standard InChI is InChI=1S/C9H8F4O6S2/c1-6-2-4-7(5-3-6)19-21(17,18)9(12,13)8(10,11)20(14,15)16/h2-5H,1H3,(H,14,15,16). The minimum absolute atomic E-state index is 0.592. The number of hydrogen-bond donors (Lipinski definition) is 1. The van der Waals surface area contributed by atoms with Crippen LogP contribution >= 0.6 is 0 Å². The first-order chi connectivity index (χ1) is 9.22. The van der Waals surface area contributed by atoms with Gasteiger partial charge in [0.2, 0.25) is 0 Å². The minimum atomic E-state index is -6.68. The van der Waals surface area contributed by atoms with Gasteiger partial charge in [0.15, 0.2) is 0 Å². The first kappa shape index (κ1) is 17.7. The molecule has 0 aliphatic carbocycles. The molecule has 0 radical (unpaired) electrons. The van der Waals surface area contributed by atoms with Crippen molar-refractivity contribution in [3.8, 4) is 5.75 Å². The summed E-state index contributed by atoms with van der Waals surface area (Å²) in [6.07, 6.45) is 0. The van der Waals surface area contributed by atoms with Crippen molar-refractivity contribution in [1.29, 1.82) is 0 Å². The molecule has 0 atom stereocenters. The Labute approximate surface area is 117 Å². The van der Waals surface area contributed by atoms with E-state index in [0.29, 0.717) is 5.56 Å². The van der Waals surface area contributed by atoms with E-state index in [2.05, 4.69) is 4.18 Å². The summed E-state index contributed by atoms with van der Waals surface area (Å²) in [6, 6.07) is 4.27. The zero-order valence-electron chi connectivity index (χ0n) is 10.1. The van der Waals surface area contributed by atoms with Gasteiger partial charge in [-0.25, -0.2) is 0 Å². The molecular formula is C9H8F4O6S2. The van der Waals surface area contributed by atoms with Crippen molar-refractivity contribution in [2.24, 2.45) is 0 Å². The van der Waals surface area contributed by atoms with E-state index in [1.807, 2.05) is 0 Å². The molecule has 0 bridgehead atoms. The summed E-state index contributed by atoms with van der Waals surface area (Å²) in [6.45, 7) is 1.57. The van der Waals surface area contributed by atoms with Crippen LogP contribution in [0, 0.1) is 6.92 Å². The first-order valence-electron chi connectivity index (χ1n) is 4.96. The lowest BCUT2D eigenvalue weighted by atomic mass is 10.2. The quantitative estimate of drug-likeness (QED) is 0.493. The van der Waals surface area contributed by atoms with Gasteiger partial charge in [0, 0.05) is 0 Å². The molecule has 1 aromatic carbocycles. The van der Waals surface area contributed by atoms with Gasteiger partial charge in [0.1, 0.15) is 5.75 Å². The van der Waals surface area contributed by atoms with Gasteiger partial charge in [-0.05, 0) is 19.1 Å². The number of benzene rings is 1. The highest BCUT2D eigenvalue weighted by atomic mass is 32.2. The minimum Gasteiger partial charge on any atom is -0.378 e. The van der Waals surface area contributed by atoms with E-state index in [-0.39, 0.29) is 0 Å². The van der Waals surface area contributed by atoms with Gasteiger partial charge < -0.3 is 4.18 Å². The Kier molecular flexibility index (Phi) is 4.29. The van der Waals surface area contributed by atoms with E-state index < -0.39 is 36.5 Å². The van der Waals surface area contributed by atoms with Gasteiger partial charge in [-0.2, -0.15) is 34.4 Å². The monoisotopic (exact) mass is 352 g/mol. The largest absolute Gasteiger partial charge is 0.460 e. The van der Waals surface area contributed by atoms with Crippen LogP contribution in [0.15, 0.2) is 24.3 Å². The third-order valence-corrected chi connectivity index (χ3v) is 4.53. The smallest absolute Gasteiger partial charge is 0.378 e. The molecule has 0 heterocycles. The average molecular weight is 352 g/mol. The molecule has 120 valence electrons. The van der Waals surface area contributed by atoms with Gasteiger partial charge in [0.25, 0.3) is 0 Å². The maximum atomic E-state index is 13.2. The van der Waals surface area contributed by atoms with E-state index in [0.717, 1.165) is 12.1 Å². The molecule has 1 aromatic rings. The molecule has 0 unspecified atom stereocenters. The van der Waals surface area contributed by atoms with Crippen LogP contribution in [0.1, 0.15) is 5.56 Å². The Balaban J connectivity index is 3.26. The average Bonchev–Trinajstić information content (AvgIpc) is 2.30. The van der Waals surface area contributed by atoms with Crippen LogP contribution in [0.5, 0.6) is 5.75 Å². The van der Waals surface area contributed by atoms with Crippen LogP contribution in [0.3, 0.4) is 0 Å². The van der Waals surface area contributed by atoms with Crippen molar-refractivity contribution >= 4 is 20.2 Å². The van der Waals surface area contributed by atoms with E-state index in [9.17, 15) is 34.4 Å². The van der Waals surface area contributed by atoms with Crippen molar-refractivity contribution in [2.45, 2.75) is 17.4 Å². The lowest BCUT2D eigenvalue weighted by molar-refractivity contribution is -0.105. The summed E-state index contributed by atoms with van der Waals surface area (Å²) >= 11 is 0. The normalized spacial score (nSPS) is 14.0. The highest BCUT2D eigenvalue weighted by Gasteiger charge is 2.74. The first-order valence-corrected chi connectivity index (χ1v) is 7.80. The number of rotatable bonds is 5. The predicted octanol–water partition coefficient (Wildman–Crippen LogP) is 1.78. The van der Waals surface area contributed by atoms with E-state index in [1.54, 1.807) is 6.92 Å². The third-order valence-electron chi connectivity index (χ3n) is 2.20. The Hall–Kier alpha value is -1.40. The van der Waals surface area contributed by atoms with Crippen LogP contribution in [0.2, 0.25) is 0 Å². The molecule has 1 N–H and O–H groups in total. The second-order valence-corrected chi connectivity index (χ2v) is 6.91. The van der Waals surface area contributed by atoms with Crippen molar-refractivity contribution in [2.75, 3.05) is 0 Å². The van der Waals surface area contributed by atoms with Crippen LogP contribution in [0.4, 0.5) is 17.6 Å². The molecule has 6 nitrogen and oxygen atoms in total. The Bertz CT molecular complexity index is 724. The number of alkyl halides is 4. The number of aryl methyl sites for hydroxylation is 1. The van der Waals surface area contributed by atoms with Crippen LogP contribution in [-0.2, 0) is 20.2 Å². The second-order valence-electron chi connectivity index (χ2n) is 3.86. The van der Waals surface area contributed by atoms with Crippen LogP contribution in [-0.4, -0.2) is 31.9 Å². The van der Waals surface area contributed by atoms with Gasteiger partial charge >= 0.3 is 30.7 Å². The maximum absolute atomic E-state index is 13.2. The van der Waals surface area contributed by atoms with Crippen LogP contribution < -0.4 is 4.18 Å². The molecule has 12 heteroatoms. The zero-order chi connectivity index (χ0) is 16.7. The molecule has 0 saturated heterocycles. The Morgan fingerprint density at radius 1 is 0.952 bits per heavy atom. The topological polar surface area (TPSA) is 97.7 Å². The number of halogens is 4. The van der Waals surface area contributed by atoms with Gasteiger partial charge in [-0.15, -0.1) is 0 Å². The predicted molar refractivity (Wildman–Crippen MR) is 62.2 cm³/mol. The highest BCUT2D eigenvalue weighted by molar-refractivity contribution is 7.91. The molecule has 1 rings (SSSR count). The molecule has 0 amide bonds. The fourth-order valence-electron chi connectivity index (χ4n) is 1.07. The fourth-order valence-corrected chi connectivity index (χ4v) is 2.75. The summed E-state index contributed by atoms with van der Waals surface area (Å²) in [5, 5.41) is -12.5. The Morgan fingerprint density at radius 2 is 1.38 bits per heavy atom. The van der Waals surface area contributed by atoms with Gasteiger partial charge in [-0.1, -0.05) is 17.7 Å². The van der Waals surface area contributed by atoms with E-state index in [1.165, 1.54) is 12.1 Å². The highest BCUT2D eigenvalue weighted by Crippen LogP contribution is 2.43. The molecule has 0 saturated carbocycles. The molecule has 0 aromatic heterocycles. The van der Waals surface area contributed by atoms with Crippen LogP contribution in [0.25, 0.3) is 0 Å². The van der Waals surface area contributed by atoms with Crippen molar-refractivity contribution < 1.29 is 43.1 Å². The third kappa shape index (κ3) is 3.11. The zero-order valence-corrected chi connectivity index (χ0v) is 11.8. The summed E-state index contributed by atoms with van der Waals surface area (Å²) < 4.78 is 107. The molecule has 21 heavy (non-hydrogen) atoms. The molecule has 0 spiro atoms. The van der Waals surface area contributed by atoms with E-state index in [4.69, 9.17) is 4.55 Å². The maximum Gasteiger partial charge on any atom is 0.460 e. The van der Waals surface area contributed by atoms with E-state index >= 15 is 0 Å². The number of hydrogen-bond acceptors (Lipinski definition) is 5. The van der Waals surface area contributed by atoms with Crippen molar-refractivity contribution in [3.63, 3.8) is 0 Å². The summed E-state index contributed by atoms with van der Waals surface area (Å²) in [5.74, 6) is -0.730. The summed E-state index contributed by atoms with van der Waals surface area (Å²) in [4.78, 5) is 0. The molecular weight excluding hydrogens is 344 g/mol. The van der Waals surface area contributed by atoms with Crippen molar-refractivity contribution in [1.82, 2.24) is 0 Å². The molecule has 0 fully saturated rings. The fraction of sp³-hybridized carbons (Fsp3) is 0.333. The SMILES string of the molecule is Cc1ccc(OS(=O)(=O)C(F)(F)C(F)(F)S(=O)(=O)O)cc1. The summed E-state index contributed by atoms with van der Waals surface area (Å²) in [7, 11) is -13.1. The van der Waals surface area contributed by atoms with Gasteiger partial charge in [-0.3, -0.25) is 4.55 Å².